The number of hydrogen-bond donors (Lipinski definition) is 1. The Kier molecular flexibility index (Phi) is 3.95. The second-order valence-electron chi connectivity index (χ2n) is 5.56. The summed E-state index contributed by atoms with van der Waals surface area (Å²) in [6, 6.07) is 6.96. The third-order valence-corrected chi connectivity index (χ3v) is 5.30. The fraction of sp³-hybridized carbons (Fsp3) is 0.333. The number of amides is 1. The lowest BCUT2D eigenvalue weighted by molar-refractivity contribution is 0.0792. The van der Waals surface area contributed by atoms with E-state index in [2.05, 4.69) is 4.98 Å². The van der Waals surface area contributed by atoms with Crippen molar-refractivity contribution < 1.29 is 17.6 Å². The van der Waals surface area contributed by atoms with Crippen molar-refractivity contribution in [2.75, 3.05) is 13.1 Å². The first-order chi connectivity index (χ1) is 10.9. The molecule has 3 rings (SSSR count). The summed E-state index contributed by atoms with van der Waals surface area (Å²) >= 11 is 0. The summed E-state index contributed by atoms with van der Waals surface area (Å²) < 4.78 is 28.1. The maximum Gasteiger partial charge on any atom is 0.255 e. The van der Waals surface area contributed by atoms with E-state index in [0.29, 0.717) is 35.7 Å². The number of nitrogens with two attached hydrogens (primary N) is 1. The van der Waals surface area contributed by atoms with E-state index >= 15 is 0 Å². The zero-order valence-electron chi connectivity index (χ0n) is 12.6. The minimum atomic E-state index is -3.62. The van der Waals surface area contributed by atoms with Crippen LogP contribution in [0.1, 0.15) is 22.5 Å². The minimum absolute atomic E-state index is 0.122. The van der Waals surface area contributed by atoms with Crippen molar-refractivity contribution in [3.8, 4) is 11.5 Å². The number of hydrogen-bond acceptors (Lipinski definition) is 5. The number of nitrogens with zero attached hydrogens (tertiary/aromatic N) is 2. The van der Waals surface area contributed by atoms with Gasteiger partial charge in [-0.05, 0) is 37.6 Å². The number of aryl methyl sites for hydroxylation is 1. The fourth-order valence-electron chi connectivity index (χ4n) is 2.70. The van der Waals surface area contributed by atoms with Gasteiger partial charge in [0.15, 0.2) is 5.76 Å². The van der Waals surface area contributed by atoms with E-state index in [1.165, 1.54) is 4.90 Å². The van der Waals surface area contributed by atoms with Gasteiger partial charge in [-0.15, -0.1) is 0 Å². The molecule has 23 heavy (non-hydrogen) atoms. The molecular formula is C15H17N3O4S. The molecule has 122 valence electrons. The van der Waals surface area contributed by atoms with E-state index in [1.54, 1.807) is 37.5 Å². The summed E-state index contributed by atoms with van der Waals surface area (Å²) in [6.45, 7) is 2.24. The first-order valence-electron chi connectivity index (χ1n) is 7.18. The van der Waals surface area contributed by atoms with Crippen molar-refractivity contribution in [1.29, 1.82) is 0 Å². The number of rotatable bonds is 3. The first kappa shape index (κ1) is 15.7. The number of sulfonamides is 1. The van der Waals surface area contributed by atoms with Gasteiger partial charge in [0.2, 0.25) is 10.0 Å². The van der Waals surface area contributed by atoms with E-state index in [4.69, 9.17) is 9.56 Å². The van der Waals surface area contributed by atoms with Crippen molar-refractivity contribution in [2.45, 2.75) is 18.6 Å². The highest BCUT2D eigenvalue weighted by Crippen LogP contribution is 2.22. The predicted molar refractivity (Wildman–Crippen MR) is 84.1 cm³/mol. The summed E-state index contributed by atoms with van der Waals surface area (Å²) in [7, 11) is -3.62. The maximum atomic E-state index is 12.6. The van der Waals surface area contributed by atoms with Crippen LogP contribution in [-0.2, 0) is 10.0 Å². The Morgan fingerprint density at radius 3 is 2.74 bits per heavy atom. The molecule has 0 spiro atoms. The van der Waals surface area contributed by atoms with Gasteiger partial charge in [-0.25, -0.2) is 18.5 Å². The molecule has 3 heterocycles. The maximum absolute atomic E-state index is 12.6. The number of carbonyl (C=O) groups excluding carboxylic acids is 1. The SMILES string of the molecule is Cc1nc(-c2ccco2)ccc1C(=O)N1CCC(S(N)(=O)=O)C1. The molecule has 7 nitrogen and oxygen atoms in total. The third-order valence-electron chi connectivity index (χ3n) is 3.99. The molecule has 1 atom stereocenters. The van der Waals surface area contributed by atoms with Gasteiger partial charge >= 0.3 is 0 Å². The van der Waals surface area contributed by atoms with Gasteiger partial charge in [0, 0.05) is 13.1 Å². The molecule has 0 aliphatic carbocycles. The smallest absolute Gasteiger partial charge is 0.255 e. The molecule has 2 aromatic heterocycles. The van der Waals surface area contributed by atoms with Gasteiger partial charge in [0.05, 0.1) is 22.8 Å². The van der Waals surface area contributed by atoms with Crippen LogP contribution in [0.25, 0.3) is 11.5 Å². The van der Waals surface area contributed by atoms with Gasteiger partial charge in [0.25, 0.3) is 5.91 Å². The highest BCUT2D eigenvalue weighted by Gasteiger charge is 2.34. The average molecular weight is 335 g/mol. The molecule has 0 bridgehead atoms. The summed E-state index contributed by atoms with van der Waals surface area (Å²) in [5.74, 6) is 0.398. The van der Waals surface area contributed by atoms with Crippen LogP contribution >= 0.6 is 0 Å². The lowest BCUT2D eigenvalue weighted by Crippen LogP contribution is -2.34. The fourth-order valence-corrected chi connectivity index (χ4v) is 3.52. The number of aromatic nitrogens is 1. The summed E-state index contributed by atoms with van der Waals surface area (Å²) in [6.07, 6.45) is 1.92. The molecule has 1 unspecified atom stereocenters. The van der Waals surface area contributed by atoms with E-state index in [1.807, 2.05) is 0 Å². The Hall–Kier alpha value is -2.19. The van der Waals surface area contributed by atoms with Crippen LogP contribution in [0.5, 0.6) is 0 Å². The Labute approximate surface area is 134 Å². The second-order valence-corrected chi connectivity index (χ2v) is 7.40. The molecule has 2 aromatic rings. The molecule has 0 aromatic carbocycles. The molecule has 0 radical (unpaired) electrons. The largest absolute Gasteiger partial charge is 0.463 e. The van der Waals surface area contributed by atoms with Crippen LogP contribution in [0.4, 0.5) is 0 Å². The van der Waals surface area contributed by atoms with Gasteiger partial charge in [-0.1, -0.05) is 0 Å². The first-order valence-corrected chi connectivity index (χ1v) is 8.79. The average Bonchev–Trinajstić information content (AvgIpc) is 3.17. The molecule has 1 aliphatic heterocycles. The summed E-state index contributed by atoms with van der Waals surface area (Å²) in [5.41, 5.74) is 1.67. The predicted octanol–water partition coefficient (Wildman–Crippen LogP) is 1.15. The second kappa shape index (κ2) is 5.78. The topological polar surface area (TPSA) is 106 Å². The zero-order chi connectivity index (χ0) is 16.6. The van der Waals surface area contributed by atoms with Crippen LogP contribution < -0.4 is 5.14 Å². The van der Waals surface area contributed by atoms with Crippen molar-refractivity contribution in [3.63, 3.8) is 0 Å². The molecule has 8 heteroatoms. The lowest BCUT2D eigenvalue weighted by atomic mass is 10.1. The number of pyridine rings is 1. The van der Waals surface area contributed by atoms with Crippen molar-refractivity contribution in [3.05, 3.63) is 41.8 Å². The molecule has 2 N–H and O–H groups in total. The number of primary sulfonamides is 1. The molecule has 0 saturated carbocycles. The molecule has 1 aliphatic rings. The molecule has 1 fully saturated rings. The molecule has 1 amide bonds. The van der Waals surface area contributed by atoms with Gasteiger partial charge in [-0.2, -0.15) is 0 Å². The van der Waals surface area contributed by atoms with E-state index in [9.17, 15) is 13.2 Å². The van der Waals surface area contributed by atoms with Gasteiger partial charge in [0.1, 0.15) is 5.69 Å². The normalized spacial score (nSPS) is 18.3. The van der Waals surface area contributed by atoms with Crippen LogP contribution in [0.2, 0.25) is 0 Å². The monoisotopic (exact) mass is 335 g/mol. The quantitative estimate of drug-likeness (QED) is 0.905. The number of likely N-dealkylation sites (tertiary alicyclic amines) is 1. The summed E-state index contributed by atoms with van der Waals surface area (Å²) in [5, 5.41) is 4.46. The minimum Gasteiger partial charge on any atom is -0.463 e. The Morgan fingerprint density at radius 1 is 1.39 bits per heavy atom. The number of furan rings is 1. The summed E-state index contributed by atoms with van der Waals surface area (Å²) in [4.78, 5) is 18.5. The van der Waals surface area contributed by atoms with Crippen molar-refractivity contribution >= 4 is 15.9 Å². The van der Waals surface area contributed by atoms with E-state index in [0.717, 1.165) is 0 Å². The van der Waals surface area contributed by atoms with Crippen molar-refractivity contribution in [1.82, 2.24) is 9.88 Å². The molecular weight excluding hydrogens is 318 g/mol. The standard InChI is InChI=1S/C15H17N3O4S/c1-10-12(4-5-13(17-10)14-3-2-8-22-14)15(19)18-7-6-11(9-18)23(16,20)21/h2-5,8,11H,6-7,9H2,1H3,(H2,16,20,21). The van der Waals surface area contributed by atoms with Crippen LogP contribution in [0.15, 0.2) is 34.9 Å². The van der Waals surface area contributed by atoms with Crippen LogP contribution in [0, 0.1) is 6.92 Å². The van der Waals surface area contributed by atoms with Crippen LogP contribution in [0.3, 0.4) is 0 Å². The van der Waals surface area contributed by atoms with E-state index in [-0.39, 0.29) is 12.5 Å². The highest BCUT2D eigenvalue weighted by molar-refractivity contribution is 7.89. The lowest BCUT2D eigenvalue weighted by Gasteiger charge is -2.17. The third kappa shape index (κ3) is 3.13. The van der Waals surface area contributed by atoms with Gasteiger partial charge < -0.3 is 9.32 Å². The Balaban J connectivity index is 1.81. The molecule has 1 saturated heterocycles. The number of carbonyl (C=O) groups is 1. The Morgan fingerprint density at radius 2 is 2.17 bits per heavy atom. The van der Waals surface area contributed by atoms with Crippen LogP contribution in [-0.4, -0.2) is 42.5 Å². The van der Waals surface area contributed by atoms with Crippen molar-refractivity contribution in [2.24, 2.45) is 5.14 Å². The van der Waals surface area contributed by atoms with E-state index < -0.39 is 15.3 Å². The highest BCUT2D eigenvalue weighted by atomic mass is 32.2. The zero-order valence-corrected chi connectivity index (χ0v) is 13.4. The van der Waals surface area contributed by atoms with Gasteiger partial charge in [-0.3, -0.25) is 4.79 Å². The Bertz CT molecular complexity index is 830.